The molecule has 5 N–H and O–H groups in total. The number of methoxy groups -OCH3 is 2. The van der Waals surface area contributed by atoms with Gasteiger partial charge in [-0.15, -0.1) is 0 Å². The fourth-order valence-electron chi connectivity index (χ4n) is 6.09. The molecule has 49 heavy (non-hydrogen) atoms. The van der Waals surface area contributed by atoms with Gasteiger partial charge in [0.05, 0.1) is 40.4 Å². The Labute approximate surface area is 284 Å². The van der Waals surface area contributed by atoms with E-state index < -0.39 is 30.1 Å². The standard InChI is InChI=1S/C35H41N7O7/c1-41(2)48-19-18-46-30-29(43)27(49-33(30)42-21-38-28-31(36)39-34(37)40-32(28)42)20-47-35(22-8-6-5-7-9-22,23-10-14-25(44-3)15-11-23)24-12-16-26(45-4)17-13-24/h5-17,21,27,29-30,33,43H,18-20H2,1-4H3,(H4,36,37,39,40)/t27-,29-,30-,33-/m1/s1. The molecule has 0 amide bonds. The smallest absolute Gasteiger partial charge is 0.224 e. The highest BCUT2D eigenvalue weighted by atomic mass is 16.7. The summed E-state index contributed by atoms with van der Waals surface area (Å²) in [6.07, 6.45) is -2.18. The molecule has 3 heterocycles. The lowest BCUT2D eigenvalue weighted by Gasteiger charge is -2.37. The number of nitrogens with zero attached hydrogens (tertiary/aromatic N) is 5. The minimum absolute atomic E-state index is 0.0198. The maximum absolute atomic E-state index is 11.8. The van der Waals surface area contributed by atoms with E-state index in [2.05, 4.69) is 15.0 Å². The van der Waals surface area contributed by atoms with Crippen LogP contribution in [-0.2, 0) is 24.6 Å². The topological polar surface area (TPSA) is 174 Å². The molecule has 0 bridgehead atoms. The maximum atomic E-state index is 11.8. The minimum atomic E-state index is -1.13. The number of hydrogen-bond acceptors (Lipinski definition) is 13. The first-order valence-corrected chi connectivity index (χ1v) is 15.7. The third-order valence-corrected chi connectivity index (χ3v) is 8.43. The average molecular weight is 672 g/mol. The molecule has 0 radical (unpaired) electrons. The predicted molar refractivity (Wildman–Crippen MR) is 182 cm³/mol. The Morgan fingerprint density at radius 3 is 2.06 bits per heavy atom. The van der Waals surface area contributed by atoms with Crippen molar-refractivity contribution in [1.29, 1.82) is 0 Å². The zero-order valence-corrected chi connectivity index (χ0v) is 27.8. The molecule has 0 spiro atoms. The Kier molecular flexibility index (Phi) is 10.2. The number of hydrogen-bond donors (Lipinski definition) is 3. The molecule has 6 rings (SSSR count). The van der Waals surface area contributed by atoms with Crippen LogP contribution < -0.4 is 20.9 Å². The highest BCUT2D eigenvalue weighted by Crippen LogP contribution is 2.43. The largest absolute Gasteiger partial charge is 0.497 e. The van der Waals surface area contributed by atoms with E-state index in [0.717, 1.165) is 16.7 Å². The molecule has 1 aliphatic rings. The number of nitrogen functional groups attached to an aromatic ring is 2. The van der Waals surface area contributed by atoms with Crippen LogP contribution in [0.2, 0.25) is 0 Å². The number of aliphatic hydroxyl groups excluding tert-OH is 1. The lowest BCUT2D eigenvalue weighted by atomic mass is 9.80. The summed E-state index contributed by atoms with van der Waals surface area (Å²) >= 11 is 0. The molecule has 1 saturated heterocycles. The van der Waals surface area contributed by atoms with Gasteiger partial charge in [0.25, 0.3) is 0 Å². The third kappa shape index (κ3) is 6.87. The first kappa shape index (κ1) is 34.0. The lowest BCUT2D eigenvalue weighted by Crippen LogP contribution is -2.40. The van der Waals surface area contributed by atoms with Crippen molar-refractivity contribution in [3.63, 3.8) is 0 Å². The van der Waals surface area contributed by atoms with Crippen LogP contribution in [0.25, 0.3) is 11.2 Å². The normalized spacial score (nSPS) is 19.5. The first-order chi connectivity index (χ1) is 23.7. The van der Waals surface area contributed by atoms with Gasteiger partial charge in [0.15, 0.2) is 17.7 Å². The van der Waals surface area contributed by atoms with Gasteiger partial charge in [-0.1, -0.05) is 54.6 Å². The van der Waals surface area contributed by atoms with Gasteiger partial charge in [-0.3, -0.25) is 9.40 Å². The van der Waals surface area contributed by atoms with Crippen molar-refractivity contribution in [3.05, 3.63) is 102 Å². The van der Waals surface area contributed by atoms with Gasteiger partial charge in [-0.05, 0) is 41.0 Å². The van der Waals surface area contributed by atoms with Gasteiger partial charge in [-0.2, -0.15) is 15.0 Å². The fourth-order valence-corrected chi connectivity index (χ4v) is 6.09. The number of aliphatic hydroxyl groups is 1. The molecule has 5 aromatic rings. The van der Waals surface area contributed by atoms with Crippen LogP contribution in [-0.4, -0.2) is 96.1 Å². The minimum Gasteiger partial charge on any atom is -0.497 e. The van der Waals surface area contributed by atoms with E-state index in [9.17, 15) is 5.11 Å². The molecule has 2 aromatic heterocycles. The van der Waals surface area contributed by atoms with Crippen molar-refractivity contribution in [2.45, 2.75) is 30.1 Å². The second kappa shape index (κ2) is 14.7. The molecule has 0 saturated carbocycles. The maximum Gasteiger partial charge on any atom is 0.224 e. The Morgan fingerprint density at radius 2 is 1.47 bits per heavy atom. The van der Waals surface area contributed by atoms with Gasteiger partial charge < -0.3 is 40.3 Å². The van der Waals surface area contributed by atoms with E-state index >= 15 is 0 Å². The summed E-state index contributed by atoms with van der Waals surface area (Å²) in [6, 6.07) is 25.3. The van der Waals surface area contributed by atoms with Crippen LogP contribution >= 0.6 is 0 Å². The molecule has 0 unspecified atom stereocenters. The molecular weight excluding hydrogens is 630 g/mol. The van der Waals surface area contributed by atoms with Crippen LogP contribution in [0.3, 0.4) is 0 Å². The van der Waals surface area contributed by atoms with Crippen molar-refractivity contribution >= 4 is 22.9 Å². The van der Waals surface area contributed by atoms with Crippen LogP contribution in [0.5, 0.6) is 11.5 Å². The molecule has 0 aliphatic carbocycles. The highest BCUT2D eigenvalue weighted by molar-refractivity contribution is 5.82. The van der Waals surface area contributed by atoms with Crippen molar-refractivity contribution in [2.24, 2.45) is 0 Å². The van der Waals surface area contributed by atoms with Crippen molar-refractivity contribution < 1.29 is 33.6 Å². The summed E-state index contributed by atoms with van der Waals surface area (Å²) in [5.74, 6) is 1.51. The number of benzene rings is 3. The second-order valence-electron chi connectivity index (χ2n) is 11.6. The number of fused-ring (bicyclic) bond motifs is 1. The summed E-state index contributed by atoms with van der Waals surface area (Å²) in [7, 11) is 6.80. The van der Waals surface area contributed by atoms with E-state index in [1.165, 1.54) is 6.33 Å². The lowest BCUT2D eigenvalue weighted by molar-refractivity contribution is -0.150. The Morgan fingerprint density at radius 1 is 0.857 bits per heavy atom. The van der Waals surface area contributed by atoms with E-state index in [0.29, 0.717) is 22.7 Å². The average Bonchev–Trinajstić information content (AvgIpc) is 3.68. The van der Waals surface area contributed by atoms with Gasteiger partial charge in [0, 0.05) is 14.1 Å². The number of nitrogens with two attached hydrogens (primary N) is 2. The zero-order chi connectivity index (χ0) is 34.5. The van der Waals surface area contributed by atoms with Crippen LogP contribution in [0, 0.1) is 0 Å². The van der Waals surface area contributed by atoms with E-state index in [-0.39, 0.29) is 31.6 Å². The van der Waals surface area contributed by atoms with Gasteiger partial charge >= 0.3 is 0 Å². The Balaban J connectivity index is 1.39. The Hall–Kier alpha value is -4.83. The number of ether oxygens (including phenoxy) is 5. The number of rotatable bonds is 14. The molecule has 4 atom stereocenters. The summed E-state index contributed by atoms with van der Waals surface area (Å²) in [6.45, 7) is 0.387. The molecule has 14 nitrogen and oxygen atoms in total. The molecule has 14 heteroatoms. The number of hydroxylamine groups is 2. The monoisotopic (exact) mass is 671 g/mol. The molecule has 3 aromatic carbocycles. The summed E-state index contributed by atoms with van der Waals surface area (Å²) in [5, 5.41) is 13.4. The number of imidazole rings is 1. The number of aromatic nitrogens is 4. The van der Waals surface area contributed by atoms with Gasteiger partial charge in [-0.25, -0.2) is 4.98 Å². The predicted octanol–water partition coefficient (Wildman–Crippen LogP) is 3.15. The second-order valence-corrected chi connectivity index (χ2v) is 11.6. The molecule has 258 valence electrons. The van der Waals surface area contributed by atoms with Crippen molar-refractivity contribution in [1.82, 2.24) is 24.6 Å². The Bertz CT molecular complexity index is 1770. The summed E-state index contributed by atoms with van der Waals surface area (Å²) in [4.78, 5) is 18.3. The van der Waals surface area contributed by atoms with Gasteiger partial charge in [0.1, 0.15) is 40.9 Å². The van der Waals surface area contributed by atoms with E-state index in [1.807, 2.05) is 78.9 Å². The summed E-state index contributed by atoms with van der Waals surface area (Å²) in [5.41, 5.74) is 14.1. The number of anilines is 2. The summed E-state index contributed by atoms with van der Waals surface area (Å²) < 4.78 is 32.4. The van der Waals surface area contributed by atoms with Crippen molar-refractivity contribution in [2.75, 3.05) is 59.6 Å². The zero-order valence-electron chi connectivity index (χ0n) is 27.8. The van der Waals surface area contributed by atoms with E-state index in [4.69, 9.17) is 40.0 Å². The van der Waals surface area contributed by atoms with Crippen LogP contribution in [0.15, 0.2) is 85.2 Å². The fraction of sp³-hybridized carbons (Fsp3) is 0.343. The SMILES string of the molecule is COc1ccc(C(OC[C@H]2O[C@@H](n3cnc4c(N)nc(N)nc43)[C@H](OCCON(C)C)[C@@H]2O)(c2ccccc2)c2ccc(OC)cc2)cc1. The van der Waals surface area contributed by atoms with Crippen LogP contribution in [0.1, 0.15) is 22.9 Å². The first-order valence-electron chi connectivity index (χ1n) is 15.7. The molecule has 1 fully saturated rings. The highest BCUT2D eigenvalue weighted by Gasteiger charge is 2.48. The van der Waals surface area contributed by atoms with E-state index in [1.54, 1.807) is 37.9 Å². The quantitative estimate of drug-likeness (QED) is 0.0893. The van der Waals surface area contributed by atoms with Crippen LogP contribution in [0.4, 0.5) is 11.8 Å². The molecular formula is C35H41N7O7. The molecule has 1 aliphatic heterocycles. The third-order valence-electron chi connectivity index (χ3n) is 8.43. The van der Waals surface area contributed by atoms with Gasteiger partial charge in [0.2, 0.25) is 5.95 Å². The van der Waals surface area contributed by atoms with Crippen molar-refractivity contribution in [3.8, 4) is 11.5 Å².